The Labute approximate surface area is 125 Å². The molecule has 0 aliphatic heterocycles. The molecular weight excluding hydrogens is 272 g/mol. The van der Waals surface area contributed by atoms with Gasteiger partial charge < -0.3 is 10.8 Å². The first-order chi connectivity index (χ1) is 9.56. The Kier molecular flexibility index (Phi) is 11.6. The van der Waals surface area contributed by atoms with Gasteiger partial charge in [-0.25, -0.2) is 0 Å². The van der Waals surface area contributed by atoms with Gasteiger partial charge in [0.1, 0.15) is 0 Å². The molecule has 1 aromatic carbocycles. The molecule has 0 aliphatic carbocycles. The molecule has 0 saturated heterocycles. The number of unbranched alkanes of at least 4 members (excludes halogenated alkanes) is 3. The summed E-state index contributed by atoms with van der Waals surface area (Å²) >= 11 is 1.35. The molecule has 0 saturated carbocycles. The van der Waals surface area contributed by atoms with Crippen molar-refractivity contribution in [1.82, 2.24) is 0 Å². The van der Waals surface area contributed by atoms with E-state index in [0.717, 1.165) is 25.0 Å². The average molecular weight is 296 g/mol. The highest BCUT2D eigenvalue weighted by atomic mass is 32.2. The number of aliphatic carboxylic acids is 1. The van der Waals surface area contributed by atoms with Gasteiger partial charge in [-0.15, -0.1) is 0 Å². The average Bonchev–Trinajstić information content (AvgIpc) is 2.43. The zero-order valence-corrected chi connectivity index (χ0v) is 12.8. The van der Waals surface area contributed by atoms with E-state index in [9.17, 15) is 4.79 Å². The van der Waals surface area contributed by atoms with Crippen molar-refractivity contribution >= 4 is 22.9 Å². The summed E-state index contributed by atoms with van der Waals surface area (Å²) in [6.07, 6.45) is 4.55. The Morgan fingerprint density at radius 1 is 1.25 bits per heavy atom. The summed E-state index contributed by atoms with van der Waals surface area (Å²) in [7, 11) is 0. The Hall–Kier alpha value is -1.49. The molecule has 0 atom stereocenters. The number of rotatable bonds is 7. The van der Waals surface area contributed by atoms with Crippen LogP contribution in [0, 0.1) is 5.41 Å². The molecule has 0 aliphatic rings. The van der Waals surface area contributed by atoms with Crippen molar-refractivity contribution in [3.63, 3.8) is 0 Å². The summed E-state index contributed by atoms with van der Waals surface area (Å²) in [6.45, 7) is 2.11. The topological polar surface area (TPSA) is 87.2 Å². The van der Waals surface area contributed by atoms with Gasteiger partial charge in [0.2, 0.25) is 0 Å². The largest absolute Gasteiger partial charge is 0.481 e. The van der Waals surface area contributed by atoms with Crippen LogP contribution in [0.2, 0.25) is 0 Å². The fraction of sp³-hybridized carbons (Fsp3) is 0.467. The van der Waals surface area contributed by atoms with Crippen molar-refractivity contribution in [2.45, 2.75) is 44.8 Å². The molecule has 0 bridgehead atoms. The van der Waals surface area contributed by atoms with Crippen LogP contribution >= 0.6 is 11.8 Å². The number of nitrogens with one attached hydrogen (secondary N) is 1. The molecule has 20 heavy (non-hydrogen) atoms. The van der Waals surface area contributed by atoms with Crippen LogP contribution < -0.4 is 5.73 Å². The monoisotopic (exact) mass is 296 g/mol. The second-order valence-electron chi connectivity index (χ2n) is 4.34. The third-order valence-electron chi connectivity index (χ3n) is 2.48. The van der Waals surface area contributed by atoms with Gasteiger partial charge in [0.05, 0.1) is 0 Å². The summed E-state index contributed by atoms with van der Waals surface area (Å²) in [5.41, 5.74) is 6.39. The van der Waals surface area contributed by atoms with Gasteiger partial charge in [0.25, 0.3) is 0 Å². The lowest BCUT2D eigenvalue weighted by Gasteiger charge is -1.97. The predicted octanol–water partition coefficient (Wildman–Crippen LogP) is 3.85. The van der Waals surface area contributed by atoms with E-state index in [4.69, 9.17) is 16.2 Å². The van der Waals surface area contributed by atoms with Gasteiger partial charge in [0.15, 0.2) is 5.17 Å². The molecule has 0 amide bonds. The van der Waals surface area contributed by atoms with Crippen molar-refractivity contribution < 1.29 is 9.90 Å². The van der Waals surface area contributed by atoms with Crippen LogP contribution in [0.4, 0.5) is 0 Å². The smallest absolute Gasteiger partial charge is 0.303 e. The van der Waals surface area contributed by atoms with E-state index in [1.54, 1.807) is 0 Å². The van der Waals surface area contributed by atoms with E-state index in [1.165, 1.54) is 23.7 Å². The summed E-state index contributed by atoms with van der Waals surface area (Å²) in [5.74, 6) is 0.113. The first kappa shape index (κ1) is 18.5. The lowest BCUT2D eigenvalue weighted by molar-refractivity contribution is -0.137. The molecule has 0 unspecified atom stereocenters. The minimum absolute atomic E-state index is 0.175. The highest BCUT2D eigenvalue weighted by Crippen LogP contribution is 2.09. The number of hydrogen-bond donors (Lipinski definition) is 3. The summed E-state index contributed by atoms with van der Waals surface area (Å²) in [6, 6.07) is 9.99. The van der Waals surface area contributed by atoms with Crippen LogP contribution in [0.1, 0.15) is 44.6 Å². The van der Waals surface area contributed by atoms with E-state index in [-0.39, 0.29) is 5.17 Å². The van der Waals surface area contributed by atoms with E-state index in [1.807, 2.05) is 30.3 Å². The molecule has 1 rings (SSSR count). The summed E-state index contributed by atoms with van der Waals surface area (Å²) in [5, 5.41) is 15.4. The molecule has 1 aromatic rings. The van der Waals surface area contributed by atoms with Crippen LogP contribution in [-0.2, 0) is 10.5 Å². The lowest BCUT2D eigenvalue weighted by Crippen LogP contribution is -2.03. The van der Waals surface area contributed by atoms with Gasteiger partial charge in [-0.3, -0.25) is 10.2 Å². The maximum absolute atomic E-state index is 9.96. The number of carboxylic acid groups (broad SMARTS) is 1. The number of nitrogens with two attached hydrogens (primary N) is 1. The molecule has 0 aromatic heterocycles. The van der Waals surface area contributed by atoms with E-state index < -0.39 is 5.97 Å². The van der Waals surface area contributed by atoms with Crippen LogP contribution in [0.5, 0.6) is 0 Å². The predicted molar refractivity (Wildman–Crippen MR) is 86.0 cm³/mol. The van der Waals surface area contributed by atoms with Crippen molar-refractivity contribution in [2.24, 2.45) is 5.73 Å². The third-order valence-corrected chi connectivity index (χ3v) is 3.27. The van der Waals surface area contributed by atoms with Gasteiger partial charge in [0, 0.05) is 12.2 Å². The number of hydrogen-bond acceptors (Lipinski definition) is 3. The highest BCUT2D eigenvalue weighted by molar-refractivity contribution is 8.13. The van der Waals surface area contributed by atoms with Crippen LogP contribution in [0.15, 0.2) is 30.3 Å². The van der Waals surface area contributed by atoms with Crippen molar-refractivity contribution in [2.75, 3.05) is 0 Å². The van der Waals surface area contributed by atoms with Crippen LogP contribution in [0.25, 0.3) is 0 Å². The first-order valence-electron chi connectivity index (χ1n) is 6.78. The lowest BCUT2D eigenvalue weighted by atomic mass is 10.2. The number of thioether (sulfide) groups is 1. The van der Waals surface area contributed by atoms with Crippen LogP contribution in [0.3, 0.4) is 0 Å². The SMILES string of the molecule is CCCCCCC(=O)O.N=C(N)SCc1ccccc1. The van der Waals surface area contributed by atoms with Crippen molar-refractivity contribution in [3.8, 4) is 0 Å². The maximum atomic E-state index is 9.96. The molecule has 4 nitrogen and oxygen atoms in total. The minimum atomic E-state index is -0.675. The highest BCUT2D eigenvalue weighted by Gasteiger charge is 1.94. The molecule has 5 heteroatoms. The Morgan fingerprint density at radius 2 is 1.90 bits per heavy atom. The molecule has 0 radical (unpaired) electrons. The molecular formula is C15H24N2O2S. The standard InChI is InChI=1S/C8H10N2S.C7H14O2/c9-8(10)11-6-7-4-2-1-3-5-7;1-2-3-4-5-6-7(8)9/h1-5H,6H2,(H3,9,10);2-6H2,1H3,(H,8,9). The van der Waals surface area contributed by atoms with Gasteiger partial charge in [-0.1, -0.05) is 68.3 Å². The molecule has 4 N–H and O–H groups in total. The first-order valence-corrected chi connectivity index (χ1v) is 7.77. The van der Waals surface area contributed by atoms with E-state index in [0.29, 0.717) is 6.42 Å². The summed E-state index contributed by atoms with van der Waals surface area (Å²) in [4.78, 5) is 9.96. The zero-order chi connectivity index (χ0) is 15.2. The zero-order valence-electron chi connectivity index (χ0n) is 12.0. The van der Waals surface area contributed by atoms with Gasteiger partial charge in [-0.2, -0.15) is 0 Å². The van der Waals surface area contributed by atoms with Crippen molar-refractivity contribution in [3.05, 3.63) is 35.9 Å². The normalized spacial score (nSPS) is 9.45. The molecule has 112 valence electrons. The van der Waals surface area contributed by atoms with Gasteiger partial charge in [-0.05, 0) is 12.0 Å². The van der Waals surface area contributed by atoms with Gasteiger partial charge >= 0.3 is 5.97 Å². The Morgan fingerprint density at radius 3 is 2.40 bits per heavy atom. The van der Waals surface area contributed by atoms with Crippen molar-refractivity contribution in [1.29, 1.82) is 5.41 Å². The quantitative estimate of drug-likeness (QED) is 0.405. The number of amidine groups is 1. The number of carbonyl (C=O) groups is 1. The Bertz CT molecular complexity index is 383. The fourth-order valence-electron chi connectivity index (χ4n) is 1.44. The minimum Gasteiger partial charge on any atom is -0.481 e. The second kappa shape index (κ2) is 12.5. The second-order valence-corrected chi connectivity index (χ2v) is 5.36. The molecule has 0 fully saturated rings. The number of benzene rings is 1. The maximum Gasteiger partial charge on any atom is 0.303 e. The van der Waals surface area contributed by atoms with Crippen LogP contribution in [-0.4, -0.2) is 16.2 Å². The van der Waals surface area contributed by atoms with E-state index >= 15 is 0 Å². The fourth-order valence-corrected chi connectivity index (χ4v) is 1.95. The summed E-state index contributed by atoms with van der Waals surface area (Å²) < 4.78 is 0. The number of carboxylic acids is 1. The molecule has 0 heterocycles. The van der Waals surface area contributed by atoms with E-state index in [2.05, 4.69) is 6.92 Å². The Balaban J connectivity index is 0.000000370. The third kappa shape index (κ3) is 13.0. The molecule has 0 spiro atoms.